The largest absolute Gasteiger partial charge is 0.282 e. The molecule has 0 bridgehead atoms. The van der Waals surface area contributed by atoms with Gasteiger partial charge in [-0.3, -0.25) is 15.0 Å². The number of rotatable bonds is 2. The molecule has 1 N–H and O–H groups in total. The number of nitrogens with zero attached hydrogens (tertiary/aromatic N) is 1. The molecule has 3 rings (SSSR count). The first-order valence-corrected chi connectivity index (χ1v) is 7.70. The van der Waals surface area contributed by atoms with Gasteiger partial charge in [0.25, 0.3) is 11.8 Å². The number of carbonyl (C=O) groups is 2. The number of anilines is 1. The number of halogens is 3. The van der Waals surface area contributed by atoms with Crippen molar-refractivity contribution in [2.75, 3.05) is 5.01 Å². The summed E-state index contributed by atoms with van der Waals surface area (Å²) in [5.41, 5.74) is 3.43. The lowest BCUT2D eigenvalue weighted by molar-refractivity contribution is -0.117. The fraction of sp³-hybridized carbons (Fsp3) is 0. The first-order chi connectivity index (χ1) is 11.0. The standard InChI is InChI=1S/C16H9BrClFN2O2/c17-10-3-1-9(2-4-10)7-12-15(22)20-21(16(12)23)11-5-6-14(19)13(18)8-11/h1-8H,(H,20,22)/b12-7+. The summed E-state index contributed by atoms with van der Waals surface area (Å²) in [5, 5.41) is 0.910. The van der Waals surface area contributed by atoms with E-state index in [-0.39, 0.29) is 16.3 Å². The van der Waals surface area contributed by atoms with E-state index in [1.165, 1.54) is 18.2 Å². The minimum atomic E-state index is -0.598. The molecule has 4 nitrogen and oxygen atoms in total. The Kier molecular flexibility index (Phi) is 4.19. The van der Waals surface area contributed by atoms with Crippen LogP contribution in [0.4, 0.5) is 10.1 Å². The van der Waals surface area contributed by atoms with Gasteiger partial charge >= 0.3 is 0 Å². The molecule has 2 aromatic carbocycles. The zero-order valence-electron chi connectivity index (χ0n) is 11.5. The SMILES string of the molecule is O=C1NN(c2ccc(F)c(Cl)c2)C(=O)/C1=C/c1ccc(Br)cc1. The van der Waals surface area contributed by atoms with Crippen LogP contribution in [0.3, 0.4) is 0 Å². The topological polar surface area (TPSA) is 49.4 Å². The highest BCUT2D eigenvalue weighted by Gasteiger charge is 2.34. The van der Waals surface area contributed by atoms with Gasteiger partial charge < -0.3 is 0 Å². The molecular formula is C16H9BrClFN2O2. The van der Waals surface area contributed by atoms with Gasteiger partial charge in [0.15, 0.2) is 0 Å². The minimum absolute atomic E-state index is 0.00669. The number of carbonyl (C=O) groups excluding carboxylic acids is 2. The van der Waals surface area contributed by atoms with Crippen LogP contribution in [0.15, 0.2) is 52.5 Å². The Morgan fingerprint density at radius 3 is 2.48 bits per heavy atom. The van der Waals surface area contributed by atoms with E-state index in [2.05, 4.69) is 21.4 Å². The third-order valence-electron chi connectivity index (χ3n) is 3.23. The predicted octanol–water partition coefficient (Wildman–Crippen LogP) is 3.70. The highest BCUT2D eigenvalue weighted by molar-refractivity contribution is 9.10. The third kappa shape index (κ3) is 3.13. The summed E-state index contributed by atoms with van der Waals surface area (Å²) in [4.78, 5) is 24.4. The molecule has 0 atom stereocenters. The number of hydrogen-bond acceptors (Lipinski definition) is 2. The maximum absolute atomic E-state index is 13.2. The molecule has 0 aliphatic carbocycles. The number of hydrogen-bond donors (Lipinski definition) is 1. The van der Waals surface area contributed by atoms with Gasteiger partial charge in [0.1, 0.15) is 11.4 Å². The van der Waals surface area contributed by atoms with Crippen LogP contribution in [-0.4, -0.2) is 11.8 Å². The van der Waals surface area contributed by atoms with Crippen molar-refractivity contribution >= 4 is 51.1 Å². The molecule has 1 saturated heterocycles. The van der Waals surface area contributed by atoms with Crippen molar-refractivity contribution in [3.05, 3.63) is 68.9 Å². The second kappa shape index (κ2) is 6.14. The fourth-order valence-electron chi connectivity index (χ4n) is 2.09. The molecule has 1 aliphatic heterocycles. The Labute approximate surface area is 144 Å². The second-order valence-corrected chi connectivity index (χ2v) is 6.11. The molecule has 1 heterocycles. The fourth-order valence-corrected chi connectivity index (χ4v) is 2.53. The number of amides is 2. The summed E-state index contributed by atoms with van der Waals surface area (Å²) in [6.45, 7) is 0. The van der Waals surface area contributed by atoms with Gasteiger partial charge in [0.2, 0.25) is 0 Å². The smallest absolute Gasteiger partial charge is 0.267 e. The molecule has 23 heavy (non-hydrogen) atoms. The molecule has 0 radical (unpaired) electrons. The lowest BCUT2D eigenvalue weighted by atomic mass is 10.1. The van der Waals surface area contributed by atoms with E-state index in [1.54, 1.807) is 24.3 Å². The summed E-state index contributed by atoms with van der Waals surface area (Å²) in [5.74, 6) is -1.65. The van der Waals surface area contributed by atoms with Crippen molar-refractivity contribution in [3.63, 3.8) is 0 Å². The van der Waals surface area contributed by atoms with Crippen LogP contribution in [0.1, 0.15) is 5.56 Å². The zero-order valence-corrected chi connectivity index (χ0v) is 13.9. The minimum Gasteiger partial charge on any atom is -0.267 e. The Morgan fingerprint density at radius 2 is 1.83 bits per heavy atom. The van der Waals surface area contributed by atoms with Crippen molar-refractivity contribution in [1.82, 2.24) is 5.43 Å². The lowest BCUT2D eigenvalue weighted by Gasteiger charge is -2.14. The average Bonchev–Trinajstić information content (AvgIpc) is 2.80. The molecule has 7 heteroatoms. The van der Waals surface area contributed by atoms with E-state index >= 15 is 0 Å². The van der Waals surface area contributed by atoms with E-state index in [0.717, 1.165) is 15.5 Å². The van der Waals surface area contributed by atoms with E-state index < -0.39 is 17.6 Å². The second-order valence-electron chi connectivity index (χ2n) is 4.79. The molecule has 1 aliphatic rings. The maximum atomic E-state index is 13.2. The van der Waals surface area contributed by atoms with Crippen LogP contribution in [0.25, 0.3) is 6.08 Å². The van der Waals surface area contributed by atoms with Gasteiger partial charge in [-0.2, -0.15) is 0 Å². The summed E-state index contributed by atoms with van der Waals surface area (Å²) in [7, 11) is 0. The Hall–Kier alpha value is -2.18. The van der Waals surface area contributed by atoms with Crippen LogP contribution >= 0.6 is 27.5 Å². The quantitative estimate of drug-likeness (QED) is 0.623. The molecule has 0 aromatic heterocycles. The van der Waals surface area contributed by atoms with Gasteiger partial charge in [-0.1, -0.05) is 39.7 Å². The van der Waals surface area contributed by atoms with Crippen molar-refractivity contribution < 1.29 is 14.0 Å². The Morgan fingerprint density at radius 1 is 1.13 bits per heavy atom. The van der Waals surface area contributed by atoms with Gasteiger partial charge in [0.05, 0.1) is 10.7 Å². The number of benzene rings is 2. The molecule has 0 spiro atoms. The first kappa shape index (κ1) is 15.7. The van der Waals surface area contributed by atoms with E-state index in [9.17, 15) is 14.0 Å². The molecular weight excluding hydrogens is 387 g/mol. The lowest BCUT2D eigenvalue weighted by Crippen LogP contribution is -2.35. The summed E-state index contributed by atoms with van der Waals surface area (Å²) in [6, 6.07) is 10.9. The highest BCUT2D eigenvalue weighted by Crippen LogP contribution is 2.26. The molecule has 1 fully saturated rings. The highest BCUT2D eigenvalue weighted by atomic mass is 79.9. The Bertz CT molecular complexity index is 836. The van der Waals surface area contributed by atoms with Crippen LogP contribution < -0.4 is 10.4 Å². The van der Waals surface area contributed by atoms with E-state index in [1.807, 2.05) is 0 Å². The normalized spacial score (nSPS) is 16.1. The van der Waals surface area contributed by atoms with Crippen molar-refractivity contribution in [2.24, 2.45) is 0 Å². The average molecular weight is 396 g/mol. The van der Waals surface area contributed by atoms with Gasteiger partial charge in [0, 0.05) is 4.47 Å². The van der Waals surface area contributed by atoms with E-state index in [0.29, 0.717) is 5.56 Å². The summed E-state index contributed by atoms with van der Waals surface area (Å²) < 4.78 is 14.1. The zero-order chi connectivity index (χ0) is 16.6. The predicted molar refractivity (Wildman–Crippen MR) is 89.2 cm³/mol. The van der Waals surface area contributed by atoms with Gasteiger partial charge in [-0.25, -0.2) is 9.40 Å². The van der Waals surface area contributed by atoms with Crippen LogP contribution in [0.5, 0.6) is 0 Å². The van der Waals surface area contributed by atoms with E-state index in [4.69, 9.17) is 11.6 Å². The van der Waals surface area contributed by atoms with Crippen LogP contribution in [0, 0.1) is 5.82 Å². The molecule has 0 saturated carbocycles. The van der Waals surface area contributed by atoms with Crippen LogP contribution in [0.2, 0.25) is 5.02 Å². The van der Waals surface area contributed by atoms with Crippen molar-refractivity contribution in [2.45, 2.75) is 0 Å². The van der Waals surface area contributed by atoms with Crippen molar-refractivity contribution in [3.8, 4) is 0 Å². The maximum Gasteiger partial charge on any atom is 0.282 e. The monoisotopic (exact) mass is 394 g/mol. The molecule has 2 amide bonds. The van der Waals surface area contributed by atoms with Gasteiger partial charge in [-0.05, 0) is 42.0 Å². The van der Waals surface area contributed by atoms with Crippen LogP contribution in [-0.2, 0) is 9.59 Å². The molecule has 0 unspecified atom stereocenters. The number of hydrazine groups is 1. The third-order valence-corrected chi connectivity index (χ3v) is 4.05. The van der Waals surface area contributed by atoms with Crippen molar-refractivity contribution in [1.29, 1.82) is 0 Å². The molecule has 2 aromatic rings. The first-order valence-electron chi connectivity index (χ1n) is 6.53. The van der Waals surface area contributed by atoms with Gasteiger partial charge in [-0.15, -0.1) is 0 Å². The summed E-state index contributed by atoms with van der Waals surface area (Å²) >= 11 is 9.03. The summed E-state index contributed by atoms with van der Waals surface area (Å²) in [6.07, 6.45) is 1.50. The Balaban J connectivity index is 1.93. The number of nitrogens with one attached hydrogen (secondary N) is 1. The molecule has 116 valence electrons.